The first-order valence-electron chi connectivity index (χ1n) is 8.98. The highest BCUT2D eigenvalue weighted by Gasteiger charge is 2.19. The fraction of sp³-hybridized carbons (Fsp3) is 0.190. The number of aryl methyl sites for hydroxylation is 1. The Hall–Kier alpha value is -3.26. The number of rotatable bonds is 7. The van der Waals surface area contributed by atoms with Crippen molar-refractivity contribution >= 4 is 29.2 Å². The number of amides is 1. The number of esters is 1. The Morgan fingerprint density at radius 2 is 1.93 bits per heavy atom. The molecule has 0 saturated carbocycles. The van der Waals surface area contributed by atoms with Gasteiger partial charge in [0, 0.05) is 23.2 Å². The van der Waals surface area contributed by atoms with E-state index in [2.05, 4.69) is 10.3 Å². The van der Waals surface area contributed by atoms with E-state index in [9.17, 15) is 18.4 Å². The number of nitrogens with one attached hydrogen (secondary N) is 1. The van der Waals surface area contributed by atoms with Crippen molar-refractivity contribution in [1.29, 1.82) is 0 Å². The number of halogens is 3. The zero-order valence-corrected chi connectivity index (χ0v) is 16.6. The monoisotopic (exact) mass is 434 g/mol. The SMILES string of the molecule is CC(OC(=O)CCc1ncc(-c2ccc(F)cc2F)o1)C(=O)Nc1ccc(Cl)cc1. The number of hydrogen-bond acceptors (Lipinski definition) is 5. The minimum Gasteiger partial charge on any atom is -0.453 e. The van der Waals surface area contributed by atoms with Gasteiger partial charge in [-0.1, -0.05) is 11.6 Å². The first kappa shape index (κ1) is 21.4. The molecule has 156 valence electrons. The zero-order valence-electron chi connectivity index (χ0n) is 15.8. The standard InChI is InChI=1S/C21H17ClF2N2O4/c1-12(21(28)26-15-5-2-13(22)3-6-15)29-20(27)9-8-19-25-11-18(30-19)16-7-4-14(23)10-17(16)24/h2-7,10-12H,8-9H2,1H3,(H,26,28). The average molecular weight is 435 g/mol. The van der Waals surface area contributed by atoms with Crippen LogP contribution in [0.2, 0.25) is 5.02 Å². The number of aromatic nitrogens is 1. The Kier molecular flexibility index (Phi) is 6.79. The van der Waals surface area contributed by atoms with Crippen molar-refractivity contribution in [2.75, 3.05) is 5.32 Å². The van der Waals surface area contributed by atoms with Gasteiger partial charge in [0.15, 0.2) is 17.8 Å². The molecule has 0 aliphatic heterocycles. The molecule has 1 heterocycles. The van der Waals surface area contributed by atoms with Crippen molar-refractivity contribution in [2.45, 2.75) is 25.9 Å². The second-order valence-corrected chi connectivity index (χ2v) is 6.81. The Morgan fingerprint density at radius 3 is 2.63 bits per heavy atom. The van der Waals surface area contributed by atoms with Crippen LogP contribution < -0.4 is 5.32 Å². The van der Waals surface area contributed by atoms with Crippen LogP contribution in [0.4, 0.5) is 14.5 Å². The summed E-state index contributed by atoms with van der Waals surface area (Å²) in [7, 11) is 0. The second kappa shape index (κ2) is 9.49. The molecule has 2 aromatic carbocycles. The summed E-state index contributed by atoms with van der Waals surface area (Å²) in [6.07, 6.45) is 0.276. The van der Waals surface area contributed by atoms with Gasteiger partial charge in [0.2, 0.25) is 0 Å². The Bertz CT molecular complexity index is 1050. The summed E-state index contributed by atoms with van der Waals surface area (Å²) in [6.45, 7) is 1.45. The van der Waals surface area contributed by atoms with Gasteiger partial charge in [-0.15, -0.1) is 0 Å². The van der Waals surface area contributed by atoms with Gasteiger partial charge in [0.25, 0.3) is 5.91 Å². The van der Waals surface area contributed by atoms with Crippen LogP contribution in [0, 0.1) is 11.6 Å². The molecule has 0 spiro atoms. The van der Waals surface area contributed by atoms with Crippen molar-refractivity contribution in [2.24, 2.45) is 0 Å². The smallest absolute Gasteiger partial charge is 0.307 e. The van der Waals surface area contributed by atoms with E-state index in [1.54, 1.807) is 24.3 Å². The number of anilines is 1. The molecule has 0 aliphatic carbocycles. The molecule has 1 N–H and O–H groups in total. The Morgan fingerprint density at radius 1 is 1.20 bits per heavy atom. The van der Waals surface area contributed by atoms with Crippen LogP contribution in [-0.2, 0) is 20.7 Å². The molecule has 6 nitrogen and oxygen atoms in total. The summed E-state index contributed by atoms with van der Waals surface area (Å²) in [4.78, 5) is 28.1. The summed E-state index contributed by atoms with van der Waals surface area (Å²) in [6, 6.07) is 9.58. The maximum absolute atomic E-state index is 13.8. The van der Waals surface area contributed by atoms with Gasteiger partial charge in [-0.05, 0) is 43.3 Å². The van der Waals surface area contributed by atoms with Crippen LogP contribution in [0.5, 0.6) is 0 Å². The maximum atomic E-state index is 13.8. The predicted octanol–water partition coefficient (Wildman–Crippen LogP) is 4.78. The number of carbonyl (C=O) groups is 2. The molecule has 3 aromatic rings. The van der Waals surface area contributed by atoms with E-state index < -0.39 is 29.6 Å². The number of benzene rings is 2. The zero-order chi connectivity index (χ0) is 21.7. The summed E-state index contributed by atoms with van der Waals surface area (Å²) < 4.78 is 37.3. The van der Waals surface area contributed by atoms with Crippen molar-refractivity contribution < 1.29 is 27.5 Å². The molecule has 1 atom stereocenters. The van der Waals surface area contributed by atoms with Gasteiger partial charge >= 0.3 is 5.97 Å². The molecule has 3 rings (SSSR count). The van der Waals surface area contributed by atoms with Crippen LogP contribution in [0.15, 0.2) is 53.1 Å². The fourth-order valence-electron chi connectivity index (χ4n) is 2.54. The topological polar surface area (TPSA) is 81.4 Å². The van der Waals surface area contributed by atoms with E-state index in [1.165, 1.54) is 19.2 Å². The van der Waals surface area contributed by atoms with Gasteiger partial charge in [0.1, 0.15) is 11.6 Å². The van der Waals surface area contributed by atoms with Crippen LogP contribution in [-0.4, -0.2) is 23.0 Å². The molecule has 1 amide bonds. The number of hydrogen-bond donors (Lipinski definition) is 1. The normalized spacial score (nSPS) is 11.7. The molecule has 0 saturated heterocycles. The minimum atomic E-state index is -1.01. The molecule has 1 unspecified atom stereocenters. The lowest BCUT2D eigenvalue weighted by atomic mass is 10.2. The van der Waals surface area contributed by atoms with Gasteiger partial charge in [0.05, 0.1) is 18.2 Å². The largest absolute Gasteiger partial charge is 0.453 e. The minimum absolute atomic E-state index is 0.0604. The van der Waals surface area contributed by atoms with Gasteiger partial charge in [-0.3, -0.25) is 9.59 Å². The third-order valence-corrected chi connectivity index (χ3v) is 4.33. The highest BCUT2D eigenvalue weighted by Crippen LogP contribution is 2.24. The molecule has 0 aliphatic rings. The Balaban J connectivity index is 1.50. The first-order chi connectivity index (χ1) is 14.3. The fourth-order valence-corrected chi connectivity index (χ4v) is 2.66. The van der Waals surface area contributed by atoms with E-state index in [0.29, 0.717) is 10.7 Å². The van der Waals surface area contributed by atoms with Crippen LogP contribution in [0.3, 0.4) is 0 Å². The van der Waals surface area contributed by atoms with Gasteiger partial charge in [-0.25, -0.2) is 13.8 Å². The van der Waals surface area contributed by atoms with Crippen LogP contribution in [0.1, 0.15) is 19.2 Å². The summed E-state index contributed by atoms with van der Waals surface area (Å²) in [5.41, 5.74) is 0.581. The van der Waals surface area contributed by atoms with Crippen molar-refractivity contribution in [3.63, 3.8) is 0 Å². The third kappa shape index (κ3) is 5.64. The molecule has 9 heteroatoms. The lowest BCUT2D eigenvalue weighted by molar-refractivity contribution is -0.153. The van der Waals surface area contributed by atoms with Gasteiger partial charge in [-0.2, -0.15) is 0 Å². The quantitative estimate of drug-likeness (QED) is 0.541. The number of carbonyl (C=O) groups excluding carboxylic acids is 2. The van der Waals surface area contributed by atoms with E-state index in [1.807, 2.05) is 0 Å². The van der Waals surface area contributed by atoms with E-state index in [0.717, 1.165) is 12.1 Å². The van der Waals surface area contributed by atoms with Crippen molar-refractivity contribution in [1.82, 2.24) is 4.98 Å². The third-order valence-electron chi connectivity index (χ3n) is 4.08. The van der Waals surface area contributed by atoms with Crippen molar-refractivity contribution in [3.8, 4) is 11.3 Å². The molecular weight excluding hydrogens is 418 g/mol. The molecule has 0 radical (unpaired) electrons. The first-order valence-corrected chi connectivity index (χ1v) is 9.35. The van der Waals surface area contributed by atoms with Gasteiger partial charge < -0.3 is 14.5 Å². The molecule has 1 aromatic heterocycles. The highest BCUT2D eigenvalue weighted by atomic mass is 35.5. The predicted molar refractivity (Wildman–Crippen MR) is 106 cm³/mol. The molecule has 0 bridgehead atoms. The summed E-state index contributed by atoms with van der Waals surface area (Å²) in [5.74, 6) is -2.29. The summed E-state index contributed by atoms with van der Waals surface area (Å²) in [5, 5.41) is 3.14. The lowest BCUT2D eigenvalue weighted by Gasteiger charge is -2.13. The number of ether oxygens (including phenoxy) is 1. The Labute approximate surface area is 175 Å². The second-order valence-electron chi connectivity index (χ2n) is 6.37. The highest BCUT2D eigenvalue weighted by molar-refractivity contribution is 6.30. The van der Waals surface area contributed by atoms with Crippen molar-refractivity contribution in [3.05, 3.63) is 71.2 Å². The van der Waals surface area contributed by atoms with Crippen LogP contribution in [0.25, 0.3) is 11.3 Å². The number of oxazole rings is 1. The molecule has 0 fully saturated rings. The van der Waals surface area contributed by atoms with E-state index in [4.69, 9.17) is 20.8 Å². The van der Waals surface area contributed by atoms with E-state index in [-0.39, 0.29) is 30.1 Å². The lowest BCUT2D eigenvalue weighted by Crippen LogP contribution is -2.30. The average Bonchev–Trinajstić information content (AvgIpc) is 3.16. The summed E-state index contributed by atoms with van der Waals surface area (Å²) >= 11 is 5.79. The molecular formula is C21H17ClF2N2O4. The number of nitrogens with zero attached hydrogens (tertiary/aromatic N) is 1. The van der Waals surface area contributed by atoms with E-state index >= 15 is 0 Å². The molecule has 30 heavy (non-hydrogen) atoms. The van der Waals surface area contributed by atoms with Crippen LogP contribution >= 0.6 is 11.6 Å². The maximum Gasteiger partial charge on any atom is 0.307 e.